The summed E-state index contributed by atoms with van der Waals surface area (Å²) in [5.74, 6) is 0.262. The highest BCUT2D eigenvalue weighted by Gasteiger charge is 2.27. The van der Waals surface area contributed by atoms with Gasteiger partial charge in [0.05, 0.1) is 16.7 Å². The van der Waals surface area contributed by atoms with E-state index in [1.54, 1.807) is 11.3 Å². The summed E-state index contributed by atoms with van der Waals surface area (Å²) in [5, 5.41) is 6.63. The largest absolute Gasteiger partial charge is 0.333 e. The molecule has 1 aliphatic rings. The van der Waals surface area contributed by atoms with Crippen molar-refractivity contribution < 1.29 is 4.79 Å². The van der Waals surface area contributed by atoms with Crippen molar-refractivity contribution in [1.29, 1.82) is 0 Å². The number of nitrogens with one attached hydrogen (secondary N) is 1. The van der Waals surface area contributed by atoms with E-state index in [0.29, 0.717) is 6.42 Å². The SMILES string of the molecule is CCc1ccc(C2CNCCN2C(=O)CCCc2csc(C)n2)cc1. The summed E-state index contributed by atoms with van der Waals surface area (Å²) in [4.78, 5) is 19.3. The monoisotopic (exact) mass is 357 g/mol. The average Bonchev–Trinajstić information content (AvgIpc) is 3.07. The van der Waals surface area contributed by atoms with E-state index < -0.39 is 0 Å². The van der Waals surface area contributed by atoms with Crippen molar-refractivity contribution in [2.75, 3.05) is 19.6 Å². The maximum absolute atomic E-state index is 12.8. The Morgan fingerprint density at radius 1 is 1.36 bits per heavy atom. The van der Waals surface area contributed by atoms with Crippen molar-refractivity contribution >= 4 is 17.2 Å². The Kier molecular flexibility index (Phi) is 6.21. The lowest BCUT2D eigenvalue weighted by Gasteiger charge is -2.36. The molecule has 1 aromatic heterocycles. The number of amides is 1. The van der Waals surface area contributed by atoms with E-state index in [9.17, 15) is 4.79 Å². The molecule has 0 radical (unpaired) electrons. The van der Waals surface area contributed by atoms with E-state index in [2.05, 4.69) is 51.8 Å². The molecule has 4 nitrogen and oxygen atoms in total. The van der Waals surface area contributed by atoms with Crippen molar-refractivity contribution in [3.05, 3.63) is 51.5 Å². The fourth-order valence-electron chi connectivity index (χ4n) is 3.36. The number of rotatable bonds is 6. The van der Waals surface area contributed by atoms with Crippen LogP contribution in [0.15, 0.2) is 29.6 Å². The number of hydrogen-bond acceptors (Lipinski definition) is 4. The molecule has 1 amide bonds. The molecule has 1 aliphatic heterocycles. The Labute approximate surface area is 154 Å². The molecule has 0 bridgehead atoms. The zero-order chi connectivity index (χ0) is 17.6. The lowest BCUT2D eigenvalue weighted by atomic mass is 10.00. The van der Waals surface area contributed by atoms with Crippen LogP contribution >= 0.6 is 11.3 Å². The minimum Gasteiger partial charge on any atom is -0.333 e. The molecule has 1 N–H and O–H groups in total. The molecule has 0 aliphatic carbocycles. The highest BCUT2D eigenvalue weighted by Crippen LogP contribution is 2.24. The van der Waals surface area contributed by atoms with Crippen LogP contribution in [-0.4, -0.2) is 35.4 Å². The van der Waals surface area contributed by atoms with Crippen LogP contribution in [0.25, 0.3) is 0 Å². The van der Waals surface area contributed by atoms with Crippen molar-refractivity contribution in [3.63, 3.8) is 0 Å². The summed E-state index contributed by atoms with van der Waals surface area (Å²) in [7, 11) is 0. The van der Waals surface area contributed by atoms with Gasteiger partial charge in [-0.25, -0.2) is 4.98 Å². The summed E-state index contributed by atoms with van der Waals surface area (Å²) < 4.78 is 0. The van der Waals surface area contributed by atoms with E-state index in [1.807, 2.05) is 6.92 Å². The first-order chi connectivity index (χ1) is 12.2. The van der Waals surface area contributed by atoms with Gasteiger partial charge in [0.25, 0.3) is 0 Å². The molecule has 1 fully saturated rings. The molecule has 1 atom stereocenters. The average molecular weight is 358 g/mol. The predicted octanol–water partition coefficient (Wildman–Crippen LogP) is 3.51. The summed E-state index contributed by atoms with van der Waals surface area (Å²) in [6.07, 6.45) is 3.40. The van der Waals surface area contributed by atoms with Gasteiger partial charge in [-0.3, -0.25) is 4.79 Å². The van der Waals surface area contributed by atoms with E-state index >= 15 is 0 Å². The van der Waals surface area contributed by atoms with Crippen molar-refractivity contribution in [2.24, 2.45) is 0 Å². The number of piperazine rings is 1. The van der Waals surface area contributed by atoms with Gasteiger partial charge in [-0.05, 0) is 37.3 Å². The molecule has 5 heteroatoms. The quantitative estimate of drug-likeness (QED) is 0.860. The molecule has 0 spiro atoms. The highest BCUT2D eigenvalue weighted by atomic mass is 32.1. The van der Waals surface area contributed by atoms with Gasteiger partial charge < -0.3 is 10.2 Å². The fourth-order valence-corrected chi connectivity index (χ4v) is 4.01. The maximum atomic E-state index is 12.8. The number of carbonyl (C=O) groups excluding carboxylic acids is 1. The van der Waals surface area contributed by atoms with Crippen molar-refractivity contribution in [3.8, 4) is 0 Å². The van der Waals surface area contributed by atoms with Gasteiger partial charge in [0, 0.05) is 31.4 Å². The zero-order valence-electron chi connectivity index (χ0n) is 15.1. The number of aryl methyl sites for hydroxylation is 3. The van der Waals surface area contributed by atoms with Crippen LogP contribution in [0.1, 0.15) is 47.6 Å². The van der Waals surface area contributed by atoms with Crippen LogP contribution < -0.4 is 5.32 Å². The standard InChI is InChI=1S/C20H27N3OS/c1-3-16-7-9-17(10-8-16)19-13-21-11-12-23(19)20(24)6-4-5-18-14-25-15(2)22-18/h7-10,14,19,21H,3-6,11-13H2,1-2H3. The number of benzene rings is 1. The molecule has 2 heterocycles. The van der Waals surface area contributed by atoms with Gasteiger partial charge in [0.15, 0.2) is 0 Å². The van der Waals surface area contributed by atoms with E-state index in [-0.39, 0.29) is 11.9 Å². The maximum Gasteiger partial charge on any atom is 0.223 e. The van der Waals surface area contributed by atoms with Crippen molar-refractivity contribution in [2.45, 2.75) is 45.6 Å². The van der Waals surface area contributed by atoms with Crippen LogP contribution in [0.2, 0.25) is 0 Å². The lowest BCUT2D eigenvalue weighted by molar-refractivity contribution is -0.134. The van der Waals surface area contributed by atoms with Crippen LogP contribution in [0, 0.1) is 6.92 Å². The minimum atomic E-state index is 0.147. The Morgan fingerprint density at radius 3 is 2.84 bits per heavy atom. The Hall–Kier alpha value is -1.72. The van der Waals surface area contributed by atoms with Crippen LogP contribution in [-0.2, 0) is 17.6 Å². The molecule has 1 saturated heterocycles. The number of hydrogen-bond donors (Lipinski definition) is 1. The molecule has 134 valence electrons. The molecule has 0 saturated carbocycles. The van der Waals surface area contributed by atoms with E-state index in [4.69, 9.17) is 0 Å². The van der Waals surface area contributed by atoms with Gasteiger partial charge in [-0.15, -0.1) is 11.3 Å². The molecule has 2 aromatic rings. The normalized spacial score (nSPS) is 17.7. The fraction of sp³-hybridized carbons (Fsp3) is 0.500. The van der Waals surface area contributed by atoms with Crippen molar-refractivity contribution in [1.82, 2.24) is 15.2 Å². The Morgan fingerprint density at radius 2 is 2.16 bits per heavy atom. The Bertz CT molecular complexity index is 695. The minimum absolute atomic E-state index is 0.147. The molecule has 1 unspecified atom stereocenters. The van der Waals surface area contributed by atoms with Crippen LogP contribution in [0.3, 0.4) is 0 Å². The summed E-state index contributed by atoms with van der Waals surface area (Å²) >= 11 is 1.68. The van der Waals surface area contributed by atoms with Gasteiger partial charge in [-0.2, -0.15) is 0 Å². The number of thiazole rings is 1. The third kappa shape index (κ3) is 4.67. The second-order valence-electron chi connectivity index (χ2n) is 6.61. The molecule has 3 rings (SSSR count). The van der Waals surface area contributed by atoms with Gasteiger partial charge in [0.2, 0.25) is 5.91 Å². The van der Waals surface area contributed by atoms with E-state index in [0.717, 1.165) is 49.6 Å². The van der Waals surface area contributed by atoms with E-state index in [1.165, 1.54) is 11.1 Å². The number of aromatic nitrogens is 1. The zero-order valence-corrected chi connectivity index (χ0v) is 15.9. The topological polar surface area (TPSA) is 45.2 Å². The summed E-state index contributed by atoms with van der Waals surface area (Å²) in [6, 6.07) is 8.85. The molecule has 25 heavy (non-hydrogen) atoms. The van der Waals surface area contributed by atoms with Crippen LogP contribution in [0.4, 0.5) is 0 Å². The number of nitrogens with zero attached hydrogens (tertiary/aromatic N) is 2. The molecular formula is C20H27N3OS. The second-order valence-corrected chi connectivity index (χ2v) is 7.68. The predicted molar refractivity (Wildman–Crippen MR) is 103 cm³/mol. The molecule has 1 aromatic carbocycles. The first-order valence-corrected chi connectivity index (χ1v) is 10.1. The first-order valence-electron chi connectivity index (χ1n) is 9.17. The molecular weight excluding hydrogens is 330 g/mol. The number of carbonyl (C=O) groups is 1. The Balaban J connectivity index is 1.60. The van der Waals surface area contributed by atoms with Gasteiger partial charge >= 0.3 is 0 Å². The van der Waals surface area contributed by atoms with Crippen LogP contribution in [0.5, 0.6) is 0 Å². The smallest absolute Gasteiger partial charge is 0.223 e. The van der Waals surface area contributed by atoms with Gasteiger partial charge in [0.1, 0.15) is 0 Å². The first kappa shape index (κ1) is 18.1. The highest BCUT2D eigenvalue weighted by molar-refractivity contribution is 7.09. The second kappa shape index (κ2) is 8.59. The third-order valence-electron chi connectivity index (χ3n) is 4.83. The summed E-state index contributed by atoms with van der Waals surface area (Å²) in [6.45, 7) is 6.68. The lowest BCUT2D eigenvalue weighted by Crippen LogP contribution is -2.48. The van der Waals surface area contributed by atoms with Gasteiger partial charge in [-0.1, -0.05) is 31.2 Å². The summed E-state index contributed by atoms with van der Waals surface area (Å²) in [5.41, 5.74) is 3.68. The third-order valence-corrected chi connectivity index (χ3v) is 5.65.